The molecule has 0 amide bonds. The zero-order chi connectivity index (χ0) is 13.0. The first-order valence-electron chi connectivity index (χ1n) is 5.85. The highest BCUT2D eigenvalue weighted by atomic mass is 16.4. The minimum Gasteiger partial charge on any atom is -0.481 e. The van der Waals surface area contributed by atoms with E-state index >= 15 is 0 Å². The minimum atomic E-state index is -0.855. The van der Waals surface area contributed by atoms with Crippen LogP contribution in [0.1, 0.15) is 12.0 Å². The van der Waals surface area contributed by atoms with E-state index in [4.69, 9.17) is 10.8 Å². The van der Waals surface area contributed by atoms with Gasteiger partial charge >= 0.3 is 5.97 Å². The Kier molecular flexibility index (Phi) is 3.79. The summed E-state index contributed by atoms with van der Waals surface area (Å²) in [6.45, 7) is 0. The Hall–Kier alpha value is -2.07. The van der Waals surface area contributed by atoms with E-state index in [1.165, 1.54) is 0 Å². The van der Waals surface area contributed by atoms with Crippen molar-refractivity contribution in [1.82, 2.24) is 4.57 Å². The first-order chi connectivity index (χ1) is 8.65. The number of hydrogen-bond acceptors (Lipinski definition) is 2. The number of nitrogens with zero attached hydrogens (tertiary/aromatic N) is 1. The highest BCUT2D eigenvalue weighted by Crippen LogP contribution is 2.11. The van der Waals surface area contributed by atoms with E-state index in [9.17, 15) is 4.79 Å². The molecule has 4 nitrogen and oxygen atoms in total. The number of carbonyl (C=O) groups is 1. The van der Waals surface area contributed by atoms with Gasteiger partial charge in [-0.1, -0.05) is 12.1 Å². The number of carboxylic acid groups (broad SMARTS) is 1. The topological polar surface area (TPSA) is 68.2 Å². The summed E-state index contributed by atoms with van der Waals surface area (Å²) in [5.41, 5.74) is 7.89. The Balaban J connectivity index is 2.02. The van der Waals surface area contributed by atoms with Crippen LogP contribution >= 0.6 is 0 Å². The third-order valence-corrected chi connectivity index (χ3v) is 2.77. The largest absolute Gasteiger partial charge is 0.481 e. The molecule has 4 heteroatoms. The maximum Gasteiger partial charge on any atom is 0.304 e. The van der Waals surface area contributed by atoms with Gasteiger partial charge in [-0.3, -0.25) is 4.79 Å². The van der Waals surface area contributed by atoms with Gasteiger partial charge < -0.3 is 15.4 Å². The van der Waals surface area contributed by atoms with Crippen LogP contribution in [0.4, 0.5) is 0 Å². The standard InChI is InChI=1S/C14H16N2O2/c15-12(10-14(17)18)9-11-3-5-13(6-4-11)16-7-1-2-8-16/h1-8,12H,9-10,15H2,(H,17,18)/t12-/m1/s1. The summed E-state index contributed by atoms with van der Waals surface area (Å²) in [6.07, 6.45) is 4.54. The van der Waals surface area contributed by atoms with Gasteiger partial charge in [-0.05, 0) is 36.2 Å². The van der Waals surface area contributed by atoms with Crippen molar-refractivity contribution in [2.75, 3.05) is 0 Å². The lowest BCUT2D eigenvalue weighted by Crippen LogP contribution is -2.26. The van der Waals surface area contributed by atoms with E-state index in [2.05, 4.69) is 0 Å². The van der Waals surface area contributed by atoms with Crippen molar-refractivity contribution in [2.45, 2.75) is 18.9 Å². The highest BCUT2D eigenvalue weighted by Gasteiger charge is 2.08. The fraction of sp³-hybridized carbons (Fsp3) is 0.214. The van der Waals surface area contributed by atoms with Crippen LogP contribution in [0.3, 0.4) is 0 Å². The number of aromatic nitrogens is 1. The van der Waals surface area contributed by atoms with Gasteiger partial charge in [0.15, 0.2) is 0 Å². The summed E-state index contributed by atoms with van der Waals surface area (Å²) in [5, 5.41) is 8.65. The quantitative estimate of drug-likeness (QED) is 0.843. The molecule has 0 aliphatic carbocycles. The summed E-state index contributed by atoms with van der Waals surface area (Å²) in [4.78, 5) is 10.5. The molecule has 94 valence electrons. The molecule has 0 saturated heterocycles. The first kappa shape index (κ1) is 12.4. The van der Waals surface area contributed by atoms with Gasteiger partial charge in [-0.2, -0.15) is 0 Å². The second-order valence-corrected chi connectivity index (χ2v) is 4.32. The predicted molar refractivity (Wildman–Crippen MR) is 69.7 cm³/mol. The predicted octanol–water partition coefficient (Wildman–Crippen LogP) is 1.82. The van der Waals surface area contributed by atoms with Gasteiger partial charge in [-0.15, -0.1) is 0 Å². The van der Waals surface area contributed by atoms with E-state index in [-0.39, 0.29) is 12.5 Å². The van der Waals surface area contributed by atoms with Crippen LogP contribution in [0.15, 0.2) is 48.8 Å². The van der Waals surface area contributed by atoms with Crippen LogP contribution in [0.5, 0.6) is 0 Å². The van der Waals surface area contributed by atoms with Crippen molar-refractivity contribution in [3.8, 4) is 5.69 Å². The van der Waals surface area contributed by atoms with E-state index in [1.54, 1.807) is 0 Å². The monoisotopic (exact) mass is 244 g/mol. The zero-order valence-corrected chi connectivity index (χ0v) is 9.99. The van der Waals surface area contributed by atoms with Crippen molar-refractivity contribution in [3.63, 3.8) is 0 Å². The third kappa shape index (κ3) is 3.21. The normalized spacial score (nSPS) is 12.3. The highest BCUT2D eigenvalue weighted by molar-refractivity contribution is 5.67. The molecule has 0 aliphatic heterocycles. The SMILES string of the molecule is N[C@@H](CC(=O)O)Cc1ccc(-n2cccc2)cc1. The summed E-state index contributed by atoms with van der Waals surface area (Å²) in [5.74, 6) is -0.855. The lowest BCUT2D eigenvalue weighted by atomic mass is 10.0. The Labute approximate surface area is 106 Å². The third-order valence-electron chi connectivity index (χ3n) is 2.77. The van der Waals surface area contributed by atoms with Crippen LogP contribution in [0.2, 0.25) is 0 Å². The number of aliphatic carboxylic acids is 1. The van der Waals surface area contributed by atoms with Crippen molar-refractivity contribution in [3.05, 3.63) is 54.4 Å². The van der Waals surface area contributed by atoms with Crippen molar-refractivity contribution in [1.29, 1.82) is 0 Å². The minimum absolute atomic E-state index is 0.000643. The van der Waals surface area contributed by atoms with E-state index in [1.807, 2.05) is 53.4 Å². The zero-order valence-electron chi connectivity index (χ0n) is 9.99. The van der Waals surface area contributed by atoms with Gasteiger partial charge in [0.25, 0.3) is 0 Å². The molecule has 1 aromatic heterocycles. The molecule has 3 N–H and O–H groups in total. The Morgan fingerprint density at radius 2 is 1.83 bits per heavy atom. The molecule has 0 fully saturated rings. The van der Waals surface area contributed by atoms with E-state index in [0.29, 0.717) is 6.42 Å². The molecule has 18 heavy (non-hydrogen) atoms. The second-order valence-electron chi connectivity index (χ2n) is 4.32. The van der Waals surface area contributed by atoms with Crippen LogP contribution in [0.25, 0.3) is 5.69 Å². The van der Waals surface area contributed by atoms with Gasteiger partial charge in [0.1, 0.15) is 0 Å². The lowest BCUT2D eigenvalue weighted by Gasteiger charge is -2.10. The molecule has 2 rings (SSSR count). The molecule has 1 aromatic carbocycles. The number of benzene rings is 1. The second kappa shape index (κ2) is 5.51. The number of nitrogens with two attached hydrogens (primary N) is 1. The summed E-state index contributed by atoms with van der Waals surface area (Å²) >= 11 is 0. The van der Waals surface area contributed by atoms with Crippen LogP contribution in [0, 0.1) is 0 Å². The smallest absolute Gasteiger partial charge is 0.304 e. The average molecular weight is 244 g/mol. The van der Waals surface area contributed by atoms with Gasteiger partial charge in [0.05, 0.1) is 6.42 Å². The van der Waals surface area contributed by atoms with Gasteiger partial charge in [0.2, 0.25) is 0 Å². The van der Waals surface area contributed by atoms with Crippen LogP contribution in [-0.4, -0.2) is 21.7 Å². The molecule has 0 saturated carbocycles. The summed E-state index contributed by atoms with van der Waals surface area (Å²) in [6, 6.07) is 11.6. The molecule has 1 atom stereocenters. The van der Waals surface area contributed by atoms with Crippen molar-refractivity contribution in [2.24, 2.45) is 5.73 Å². The molecular formula is C14H16N2O2. The molecular weight excluding hydrogens is 228 g/mol. The maximum absolute atomic E-state index is 10.5. The van der Waals surface area contributed by atoms with Gasteiger partial charge in [-0.25, -0.2) is 0 Å². The van der Waals surface area contributed by atoms with E-state index < -0.39 is 5.97 Å². The maximum atomic E-state index is 10.5. The lowest BCUT2D eigenvalue weighted by molar-refractivity contribution is -0.137. The number of carboxylic acids is 1. The molecule has 0 radical (unpaired) electrons. The molecule has 2 aromatic rings. The van der Waals surface area contributed by atoms with Crippen molar-refractivity contribution < 1.29 is 9.90 Å². The van der Waals surface area contributed by atoms with Crippen LogP contribution < -0.4 is 5.73 Å². The molecule has 0 spiro atoms. The number of rotatable bonds is 5. The first-order valence-corrected chi connectivity index (χ1v) is 5.85. The fourth-order valence-corrected chi connectivity index (χ4v) is 1.91. The summed E-state index contributed by atoms with van der Waals surface area (Å²) < 4.78 is 2.01. The molecule has 1 heterocycles. The van der Waals surface area contributed by atoms with Crippen LogP contribution in [-0.2, 0) is 11.2 Å². The average Bonchev–Trinajstić information content (AvgIpc) is 2.82. The Bertz CT molecular complexity index is 503. The molecule has 0 bridgehead atoms. The van der Waals surface area contributed by atoms with E-state index in [0.717, 1.165) is 11.3 Å². The van der Waals surface area contributed by atoms with Gasteiger partial charge in [0, 0.05) is 24.1 Å². The summed E-state index contributed by atoms with van der Waals surface area (Å²) in [7, 11) is 0. The number of hydrogen-bond donors (Lipinski definition) is 2. The molecule has 0 aliphatic rings. The van der Waals surface area contributed by atoms with Crippen molar-refractivity contribution >= 4 is 5.97 Å². The fourth-order valence-electron chi connectivity index (χ4n) is 1.91. The molecule has 0 unspecified atom stereocenters. The Morgan fingerprint density at radius 3 is 2.39 bits per heavy atom. The Morgan fingerprint density at radius 1 is 1.22 bits per heavy atom.